The van der Waals surface area contributed by atoms with Gasteiger partial charge in [0.15, 0.2) is 0 Å². The molecule has 1 aromatic carbocycles. The molecule has 86 valence electrons. The van der Waals surface area contributed by atoms with Gasteiger partial charge in [0.2, 0.25) is 0 Å². The standard InChI is InChI=1S/C12H15BrN2O/c1-3-6-9(2)14-15-12(16)10-7-4-5-8-11(10)13/h4-5,7-8H,3,6H2,1-2H3,(H,15,16)/b14-9+. The molecule has 0 aliphatic carbocycles. The van der Waals surface area contributed by atoms with Crippen molar-refractivity contribution < 1.29 is 4.79 Å². The zero-order valence-electron chi connectivity index (χ0n) is 9.46. The summed E-state index contributed by atoms with van der Waals surface area (Å²) in [5, 5.41) is 4.03. The maximum atomic E-state index is 11.7. The molecule has 0 radical (unpaired) electrons. The van der Waals surface area contributed by atoms with Crippen LogP contribution in [-0.2, 0) is 0 Å². The second kappa shape index (κ2) is 6.43. The number of carbonyl (C=O) groups excluding carboxylic acids is 1. The van der Waals surface area contributed by atoms with Gasteiger partial charge in [0.25, 0.3) is 5.91 Å². The molecule has 16 heavy (non-hydrogen) atoms. The summed E-state index contributed by atoms with van der Waals surface area (Å²) in [4.78, 5) is 11.7. The summed E-state index contributed by atoms with van der Waals surface area (Å²) < 4.78 is 0.774. The Morgan fingerprint density at radius 1 is 1.44 bits per heavy atom. The Hall–Kier alpha value is -1.16. The predicted octanol–water partition coefficient (Wildman–Crippen LogP) is 3.35. The van der Waals surface area contributed by atoms with Crippen molar-refractivity contribution in [1.82, 2.24) is 5.43 Å². The normalized spacial score (nSPS) is 11.3. The van der Waals surface area contributed by atoms with E-state index in [-0.39, 0.29) is 5.91 Å². The molecule has 1 N–H and O–H groups in total. The van der Waals surface area contributed by atoms with E-state index in [4.69, 9.17) is 0 Å². The summed E-state index contributed by atoms with van der Waals surface area (Å²) >= 11 is 3.33. The first-order chi connectivity index (χ1) is 7.65. The maximum Gasteiger partial charge on any atom is 0.272 e. The van der Waals surface area contributed by atoms with Crippen LogP contribution in [0.15, 0.2) is 33.8 Å². The molecule has 0 saturated heterocycles. The van der Waals surface area contributed by atoms with Crippen LogP contribution in [0, 0.1) is 0 Å². The smallest absolute Gasteiger partial charge is 0.267 e. The molecule has 0 spiro atoms. The first-order valence-corrected chi connectivity index (χ1v) is 6.02. The Kier molecular flexibility index (Phi) is 5.19. The molecule has 1 aromatic rings. The summed E-state index contributed by atoms with van der Waals surface area (Å²) in [6, 6.07) is 7.27. The summed E-state index contributed by atoms with van der Waals surface area (Å²) in [7, 11) is 0. The first-order valence-electron chi connectivity index (χ1n) is 5.23. The summed E-state index contributed by atoms with van der Waals surface area (Å²) in [6.45, 7) is 3.98. The molecule has 0 bridgehead atoms. The third kappa shape index (κ3) is 3.77. The van der Waals surface area contributed by atoms with E-state index in [1.807, 2.05) is 25.1 Å². The fourth-order valence-electron chi connectivity index (χ4n) is 1.27. The minimum Gasteiger partial charge on any atom is -0.267 e. The van der Waals surface area contributed by atoms with Gasteiger partial charge >= 0.3 is 0 Å². The van der Waals surface area contributed by atoms with Crippen LogP contribution in [0.25, 0.3) is 0 Å². The number of carbonyl (C=O) groups is 1. The lowest BCUT2D eigenvalue weighted by Crippen LogP contribution is -2.19. The molecular weight excluding hydrogens is 268 g/mol. The minimum absolute atomic E-state index is 0.192. The number of nitrogens with zero attached hydrogens (tertiary/aromatic N) is 1. The largest absolute Gasteiger partial charge is 0.272 e. The predicted molar refractivity (Wildman–Crippen MR) is 69.6 cm³/mol. The zero-order valence-corrected chi connectivity index (χ0v) is 11.0. The lowest BCUT2D eigenvalue weighted by Gasteiger charge is -2.03. The Morgan fingerprint density at radius 2 is 2.12 bits per heavy atom. The molecule has 3 nitrogen and oxygen atoms in total. The highest BCUT2D eigenvalue weighted by atomic mass is 79.9. The Bertz CT molecular complexity index is 402. The fraction of sp³-hybridized carbons (Fsp3) is 0.333. The van der Waals surface area contributed by atoms with Crippen LogP contribution in [0.3, 0.4) is 0 Å². The van der Waals surface area contributed by atoms with Crippen LogP contribution in [-0.4, -0.2) is 11.6 Å². The second-order valence-corrected chi connectivity index (χ2v) is 4.37. The van der Waals surface area contributed by atoms with Crippen molar-refractivity contribution in [2.45, 2.75) is 26.7 Å². The van der Waals surface area contributed by atoms with Crippen molar-refractivity contribution in [3.63, 3.8) is 0 Å². The average Bonchev–Trinajstić information content (AvgIpc) is 2.27. The lowest BCUT2D eigenvalue weighted by atomic mass is 10.2. The molecule has 0 atom stereocenters. The highest BCUT2D eigenvalue weighted by molar-refractivity contribution is 9.10. The van der Waals surface area contributed by atoms with Crippen molar-refractivity contribution in [2.75, 3.05) is 0 Å². The molecule has 0 fully saturated rings. The van der Waals surface area contributed by atoms with Gasteiger partial charge in [-0.15, -0.1) is 0 Å². The number of nitrogens with one attached hydrogen (secondary N) is 1. The highest BCUT2D eigenvalue weighted by Crippen LogP contribution is 2.15. The van der Waals surface area contributed by atoms with E-state index in [1.54, 1.807) is 6.07 Å². The average molecular weight is 283 g/mol. The molecular formula is C12H15BrN2O. The minimum atomic E-state index is -0.192. The van der Waals surface area contributed by atoms with Crippen LogP contribution in [0.5, 0.6) is 0 Å². The van der Waals surface area contributed by atoms with Gasteiger partial charge in [0.1, 0.15) is 0 Å². The van der Waals surface area contributed by atoms with Gasteiger partial charge in [0.05, 0.1) is 5.56 Å². The van der Waals surface area contributed by atoms with E-state index in [0.29, 0.717) is 5.56 Å². The summed E-state index contributed by atoms with van der Waals surface area (Å²) in [5.41, 5.74) is 4.07. The van der Waals surface area contributed by atoms with Crippen LogP contribution in [0.1, 0.15) is 37.0 Å². The molecule has 0 saturated carbocycles. The number of hydrogen-bond donors (Lipinski definition) is 1. The summed E-state index contributed by atoms with van der Waals surface area (Å²) in [5.74, 6) is -0.192. The van der Waals surface area contributed by atoms with E-state index in [2.05, 4.69) is 33.4 Å². The number of halogens is 1. The third-order valence-corrected chi connectivity index (χ3v) is 2.77. The molecule has 1 rings (SSSR count). The molecule has 0 heterocycles. The Balaban J connectivity index is 2.67. The zero-order chi connectivity index (χ0) is 12.0. The van der Waals surface area contributed by atoms with Gasteiger partial charge in [-0.3, -0.25) is 4.79 Å². The van der Waals surface area contributed by atoms with Gasteiger partial charge in [-0.05, 0) is 41.4 Å². The van der Waals surface area contributed by atoms with Crippen LogP contribution in [0.4, 0.5) is 0 Å². The number of hydrogen-bond acceptors (Lipinski definition) is 2. The number of amides is 1. The molecule has 0 aliphatic rings. The highest BCUT2D eigenvalue weighted by Gasteiger charge is 2.07. The van der Waals surface area contributed by atoms with E-state index in [9.17, 15) is 4.79 Å². The first kappa shape index (κ1) is 12.9. The van der Waals surface area contributed by atoms with E-state index < -0.39 is 0 Å². The second-order valence-electron chi connectivity index (χ2n) is 3.52. The molecule has 1 amide bonds. The molecule has 0 aliphatic heterocycles. The van der Waals surface area contributed by atoms with Crippen molar-refractivity contribution in [1.29, 1.82) is 0 Å². The van der Waals surface area contributed by atoms with Crippen molar-refractivity contribution in [3.05, 3.63) is 34.3 Å². The number of hydrazone groups is 1. The van der Waals surface area contributed by atoms with Crippen molar-refractivity contribution in [3.8, 4) is 0 Å². The molecule has 0 unspecified atom stereocenters. The van der Waals surface area contributed by atoms with E-state index >= 15 is 0 Å². The van der Waals surface area contributed by atoms with Crippen LogP contribution < -0.4 is 5.43 Å². The summed E-state index contributed by atoms with van der Waals surface area (Å²) in [6.07, 6.45) is 1.93. The van der Waals surface area contributed by atoms with Crippen LogP contribution >= 0.6 is 15.9 Å². The number of benzene rings is 1. The van der Waals surface area contributed by atoms with Gasteiger partial charge in [0, 0.05) is 10.2 Å². The lowest BCUT2D eigenvalue weighted by molar-refractivity contribution is 0.0954. The SMILES string of the molecule is CCC/C(C)=N/NC(=O)c1ccccc1Br. The monoisotopic (exact) mass is 282 g/mol. The van der Waals surface area contributed by atoms with E-state index in [1.165, 1.54) is 0 Å². The van der Waals surface area contributed by atoms with Gasteiger partial charge in [-0.2, -0.15) is 5.10 Å². The third-order valence-electron chi connectivity index (χ3n) is 2.08. The van der Waals surface area contributed by atoms with E-state index in [0.717, 1.165) is 23.0 Å². The Morgan fingerprint density at radius 3 is 2.75 bits per heavy atom. The fourth-order valence-corrected chi connectivity index (χ4v) is 1.73. The molecule has 0 aromatic heterocycles. The Labute approximate surface area is 104 Å². The topological polar surface area (TPSA) is 41.5 Å². The van der Waals surface area contributed by atoms with Gasteiger partial charge in [-0.25, -0.2) is 5.43 Å². The molecule has 4 heteroatoms. The maximum absolute atomic E-state index is 11.7. The van der Waals surface area contributed by atoms with Crippen molar-refractivity contribution >= 4 is 27.5 Å². The van der Waals surface area contributed by atoms with Crippen molar-refractivity contribution in [2.24, 2.45) is 5.10 Å². The van der Waals surface area contributed by atoms with Gasteiger partial charge < -0.3 is 0 Å². The number of rotatable bonds is 4. The quantitative estimate of drug-likeness (QED) is 0.668. The van der Waals surface area contributed by atoms with Crippen LogP contribution in [0.2, 0.25) is 0 Å². The van der Waals surface area contributed by atoms with Gasteiger partial charge in [-0.1, -0.05) is 25.5 Å².